The molecule has 9 nitrogen and oxygen atoms in total. The van der Waals surface area contributed by atoms with Gasteiger partial charge in [-0.3, -0.25) is 9.59 Å². The van der Waals surface area contributed by atoms with Crippen molar-refractivity contribution in [3.8, 4) is 17.2 Å². The Morgan fingerprint density at radius 1 is 1.16 bits per heavy atom. The van der Waals surface area contributed by atoms with Crippen LogP contribution in [0.3, 0.4) is 0 Å². The number of nitrogens with zero attached hydrogens (tertiary/aromatic N) is 1. The summed E-state index contributed by atoms with van der Waals surface area (Å²) in [5.74, 6) is -0.222. The van der Waals surface area contributed by atoms with Gasteiger partial charge in [0.25, 0.3) is 11.8 Å². The highest BCUT2D eigenvalue weighted by atomic mass is 16.5. The monoisotopic (exact) mass is 428 g/mol. The molecule has 2 aromatic rings. The van der Waals surface area contributed by atoms with E-state index in [4.69, 9.17) is 18.9 Å². The lowest BCUT2D eigenvalue weighted by Crippen LogP contribution is -2.51. The zero-order chi connectivity index (χ0) is 22.4. The molecule has 2 aromatic carbocycles. The summed E-state index contributed by atoms with van der Waals surface area (Å²) in [7, 11) is 2.96. The maximum atomic E-state index is 12.8. The number of benzene rings is 2. The third-order valence-electron chi connectivity index (χ3n) is 4.64. The first-order valence-electron chi connectivity index (χ1n) is 9.74. The van der Waals surface area contributed by atoms with Crippen molar-refractivity contribution in [2.24, 2.45) is 0 Å². The lowest BCUT2D eigenvalue weighted by atomic mass is 10.1. The number of para-hydroxylation sites is 2. The van der Waals surface area contributed by atoms with Crippen molar-refractivity contribution in [1.82, 2.24) is 5.32 Å². The first kappa shape index (κ1) is 21.9. The normalized spacial score (nSPS) is 14.7. The highest BCUT2D eigenvalue weighted by Crippen LogP contribution is 2.33. The molecule has 0 saturated carbocycles. The Morgan fingerprint density at radius 3 is 2.65 bits per heavy atom. The van der Waals surface area contributed by atoms with Gasteiger partial charge in [-0.05, 0) is 37.3 Å². The number of carbonyl (C=O) groups excluding carboxylic acids is 3. The summed E-state index contributed by atoms with van der Waals surface area (Å²) in [6, 6.07) is 11.5. The Hall–Kier alpha value is -3.75. The molecule has 0 radical (unpaired) electrons. The number of nitrogens with one attached hydrogen (secondary N) is 1. The Bertz CT molecular complexity index is 976. The summed E-state index contributed by atoms with van der Waals surface area (Å²) < 4.78 is 21.6. The van der Waals surface area contributed by atoms with E-state index in [2.05, 4.69) is 5.32 Å². The highest BCUT2D eigenvalue weighted by molar-refractivity contribution is 5.99. The number of likely N-dealkylation sites (N-methyl/N-ethyl adjacent to an activating group) is 1. The van der Waals surface area contributed by atoms with E-state index >= 15 is 0 Å². The van der Waals surface area contributed by atoms with E-state index in [0.717, 1.165) is 0 Å². The van der Waals surface area contributed by atoms with Crippen LogP contribution in [-0.4, -0.2) is 57.8 Å². The minimum Gasteiger partial charge on any atom is -0.493 e. The van der Waals surface area contributed by atoms with E-state index in [-0.39, 0.29) is 18.0 Å². The molecule has 3 rings (SSSR count). The number of esters is 1. The van der Waals surface area contributed by atoms with Crippen molar-refractivity contribution >= 4 is 23.5 Å². The summed E-state index contributed by atoms with van der Waals surface area (Å²) in [4.78, 5) is 38.7. The molecule has 2 amide bonds. The molecule has 0 aromatic heterocycles. The smallest absolute Gasteiger partial charge is 0.338 e. The molecule has 31 heavy (non-hydrogen) atoms. The molecule has 1 aliphatic rings. The quantitative estimate of drug-likeness (QED) is 0.671. The van der Waals surface area contributed by atoms with E-state index < -0.39 is 24.6 Å². The van der Waals surface area contributed by atoms with Gasteiger partial charge < -0.3 is 29.2 Å². The van der Waals surface area contributed by atoms with Crippen LogP contribution in [0, 0.1) is 0 Å². The van der Waals surface area contributed by atoms with Gasteiger partial charge in [0.05, 0.1) is 31.5 Å². The van der Waals surface area contributed by atoms with Crippen LogP contribution in [0.5, 0.6) is 17.2 Å². The standard InChI is InChI=1S/C22H24N2O7/c1-4-29-17-10-9-14(11-18(17)28-3)22(27)30-13-20(25)24-12-19(21(26)23-2)31-16-8-6-5-7-15(16)24/h5-11,19H,4,12-13H2,1-3H3,(H,23,26). The SMILES string of the molecule is CCOc1ccc(C(=O)OCC(=O)N2CC(C(=O)NC)Oc3ccccc32)cc1OC. The van der Waals surface area contributed by atoms with Gasteiger partial charge in [-0.2, -0.15) is 0 Å². The molecule has 1 heterocycles. The predicted molar refractivity (Wildman–Crippen MR) is 112 cm³/mol. The van der Waals surface area contributed by atoms with Crippen molar-refractivity contribution < 1.29 is 33.3 Å². The topological polar surface area (TPSA) is 103 Å². The largest absolute Gasteiger partial charge is 0.493 e. The van der Waals surface area contributed by atoms with Crippen LogP contribution in [-0.2, 0) is 14.3 Å². The number of rotatable bonds is 7. The summed E-state index contributed by atoms with van der Waals surface area (Å²) in [6.45, 7) is 1.80. The van der Waals surface area contributed by atoms with Crippen molar-refractivity contribution in [3.63, 3.8) is 0 Å². The number of hydrogen-bond acceptors (Lipinski definition) is 7. The summed E-state index contributed by atoms with van der Waals surface area (Å²) in [5, 5.41) is 2.51. The molecule has 0 aliphatic carbocycles. The second-order valence-corrected chi connectivity index (χ2v) is 6.57. The first-order chi connectivity index (χ1) is 15.0. The molecular weight excluding hydrogens is 404 g/mol. The third-order valence-corrected chi connectivity index (χ3v) is 4.64. The second-order valence-electron chi connectivity index (χ2n) is 6.57. The van der Waals surface area contributed by atoms with Gasteiger partial charge in [0.2, 0.25) is 0 Å². The number of fused-ring (bicyclic) bond motifs is 1. The molecule has 0 saturated heterocycles. The average molecular weight is 428 g/mol. The predicted octanol–water partition coefficient (Wildman–Crippen LogP) is 1.79. The summed E-state index contributed by atoms with van der Waals surface area (Å²) >= 11 is 0. The average Bonchev–Trinajstić information content (AvgIpc) is 2.81. The molecule has 0 spiro atoms. The zero-order valence-corrected chi connectivity index (χ0v) is 17.5. The van der Waals surface area contributed by atoms with Crippen molar-refractivity contribution in [1.29, 1.82) is 0 Å². The van der Waals surface area contributed by atoms with Crippen molar-refractivity contribution in [2.75, 3.05) is 38.8 Å². The molecule has 164 valence electrons. The maximum absolute atomic E-state index is 12.8. The van der Waals surface area contributed by atoms with Gasteiger partial charge in [-0.15, -0.1) is 0 Å². The second kappa shape index (κ2) is 9.84. The van der Waals surface area contributed by atoms with Crippen LogP contribution in [0.1, 0.15) is 17.3 Å². The number of ether oxygens (including phenoxy) is 4. The summed E-state index contributed by atoms with van der Waals surface area (Å²) in [6.07, 6.45) is -0.866. The van der Waals surface area contributed by atoms with Gasteiger partial charge in [0.1, 0.15) is 5.75 Å². The molecule has 1 N–H and O–H groups in total. The van der Waals surface area contributed by atoms with Crippen LogP contribution < -0.4 is 24.4 Å². The van der Waals surface area contributed by atoms with Crippen LogP contribution in [0.15, 0.2) is 42.5 Å². The molecule has 9 heteroatoms. The van der Waals surface area contributed by atoms with E-state index in [9.17, 15) is 14.4 Å². The van der Waals surface area contributed by atoms with E-state index in [0.29, 0.717) is 29.5 Å². The molecule has 1 unspecified atom stereocenters. The lowest BCUT2D eigenvalue weighted by Gasteiger charge is -2.33. The Balaban J connectivity index is 1.71. The third kappa shape index (κ3) is 4.88. The van der Waals surface area contributed by atoms with Gasteiger partial charge in [-0.25, -0.2) is 4.79 Å². The Kier molecular flexibility index (Phi) is 6.96. The van der Waals surface area contributed by atoms with Crippen LogP contribution >= 0.6 is 0 Å². The fourth-order valence-electron chi connectivity index (χ4n) is 3.13. The lowest BCUT2D eigenvalue weighted by molar-refractivity contribution is -0.128. The van der Waals surface area contributed by atoms with E-state index in [1.807, 2.05) is 6.92 Å². The fourth-order valence-corrected chi connectivity index (χ4v) is 3.13. The molecule has 1 aliphatic heterocycles. The molecule has 1 atom stereocenters. The first-order valence-corrected chi connectivity index (χ1v) is 9.74. The minimum absolute atomic E-state index is 0.00392. The zero-order valence-electron chi connectivity index (χ0n) is 17.5. The molecular formula is C22H24N2O7. The number of carbonyl (C=O) groups is 3. The minimum atomic E-state index is -0.866. The fraction of sp³-hybridized carbons (Fsp3) is 0.318. The Labute approximate surface area is 179 Å². The van der Waals surface area contributed by atoms with E-state index in [1.165, 1.54) is 31.2 Å². The van der Waals surface area contributed by atoms with Gasteiger partial charge in [0.15, 0.2) is 24.2 Å². The number of amides is 2. The van der Waals surface area contributed by atoms with Crippen molar-refractivity contribution in [3.05, 3.63) is 48.0 Å². The maximum Gasteiger partial charge on any atom is 0.338 e. The highest BCUT2D eigenvalue weighted by Gasteiger charge is 2.33. The molecule has 0 bridgehead atoms. The molecule has 0 fully saturated rings. The number of hydrogen-bond donors (Lipinski definition) is 1. The van der Waals surface area contributed by atoms with Crippen LogP contribution in [0.2, 0.25) is 0 Å². The van der Waals surface area contributed by atoms with Crippen LogP contribution in [0.4, 0.5) is 5.69 Å². The van der Waals surface area contributed by atoms with Crippen LogP contribution in [0.25, 0.3) is 0 Å². The van der Waals surface area contributed by atoms with Gasteiger partial charge >= 0.3 is 5.97 Å². The number of methoxy groups -OCH3 is 1. The van der Waals surface area contributed by atoms with E-state index in [1.54, 1.807) is 30.3 Å². The Morgan fingerprint density at radius 2 is 1.94 bits per heavy atom. The van der Waals surface area contributed by atoms with Crippen molar-refractivity contribution in [2.45, 2.75) is 13.0 Å². The van der Waals surface area contributed by atoms with Gasteiger partial charge in [0, 0.05) is 7.05 Å². The summed E-state index contributed by atoms with van der Waals surface area (Å²) in [5.41, 5.74) is 0.727. The number of anilines is 1. The van der Waals surface area contributed by atoms with Gasteiger partial charge in [-0.1, -0.05) is 12.1 Å².